The molecule has 0 aliphatic heterocycles. The monoisotopic (exact) mass is 349 g/mol. The van der Waals surface area contributed by atoms with Crippen LogP contribution in [0.25, 0.3) is 28.2 Å². The van der Waals surface area contributed by atoms with Gasteiger partial charge < -0.3 is 4.57 Å². The molecule has 26 heavy (non-hydrogen) atoms. The molecular formula is C19H19N5O2. The Bertz CT molecular complexity index is 1270. The lowest BCUT2D eigenvalue weighted by atomic mass is 10.2. The van der Waals surface area contributed by atoms with E-state index >= 15 is 0 Å². The summed E-state index contributed by atoms with van der Waals surface area (Å²) >= 11 is 0. The summed E-state index contributed by atoms with van der Waals surface area (Å²) < 4.78 is 6.34. The van der Waals surface area contributed by atoms with Crippen LogP contribution in [0.5, 0.6) is 0 Å². The largest absolute Gasteiger partial charge is 0.332 e. The predicted octanol–water partition coefficient (Wildman–Crippen LogP) is 1.93. The van der Waals surface area contributed by atoms with Crippen molar-refractivity contribution in [3.8, 4) is 11.3 Å². The van der Waals surface area contributed by atoms with Crippen LogP contribution in [0.2, 0.25) is 0 Å². The summed E-state index contributed by atoms with van der Waals surface area (Å²) in [6.07, 6.45) is 5.92. The Labute approximate surface area is 149 Å². The molecule has 7 nitrogen and oxygen atoms in total. The highest BCUT2D eigenvalue weighted by Gasteiger charge is 2.20. The first-order chi connectivity index (χ1) is 12.5. The Morgan fingerprint density at radius 1 is 1.08 bits per heavy atom. The second-order valence-corrected chi connectivity index (χ2v) is 6.22. The van der Waals surface area contributed by atoms with Gasteiger partial charge in [-0.25, -0.2) is 4.79 Å². The van der Waals surface area contributed by atoms with E-state index in [-0.39, 0.29) is 11.2 Å². The molecule has 3 aromatic heterocycles. The fourth-order valence-corrected chi connectivity index (χ4v) is 3.25. The molecule has 0 aliphatic carbocycles. The molecule has 0 N–H and O–H groups in total. The molecule has 0 bridgehead atoms. The van der Waals surface area contributed by atoms with Gasteiger partial charge in [-0.15, -0.1) is 0 Å². The second kappa shape index (κ2) is 5.87. The third-order valence-electron chi connectivity index (χ3n) is 4.65. The summed E-state index contributed by atoms with van der Waals surface area (Å²) in [6, 6.07) is 9.97. The van der Waals surface area contributed by atoms with Crippen molar-refractivity contribution in [2.24, 2.45) is 14.1 Å². The van der Waals surface area contributed by atoms with Crippen LogP contribution < -0.4 is 11.2 Å². The van der Waals surface area contributed by atoms with Crippen molar-refractivity contribution >= 4 is 16.9 Å². The maximum atomic E-state index is 12.7. The van der Waals surface area contributed by atoms with E-state index in [1.54, 1.807) is 11.4 Å². The van der Waals surface area contributed by atoms with Gasteiger partial charge >= 0.3 is 5.69 Å². The predicted molar refractivity (Wildman–Crippen MR) is 101 cm³/mol. The molecule has 0 saturated carbocycles. The average molecular weight is 349 g/mol. The maximum absolute atomic E-state index is 12.7. The zero-order valence-electron chi connectivity index (χ0n) is 14.9. The Balaban J connectivity index is 2.15. The molecule has 0 unspecified atom stereocenters. The van der Waals surface area contributed by atoms with E-state index in [9.17, 15) is 9.59 Å². The molecule has 0 amide bonds. The summed E-state index contributed by atoms with van der Waals surface area (Å²) in [6.45, 7) is 2.58. The molecule has 0 saturated heterocycles. The van der Waals surface area contributed by atoms with E-state index in [0.29, 0.717) is 23.5 Å². The smallest absolute Gasteiger partial charge is 0.306 e. The Kier molecular flexibility index (Phi) is 3.64. The molecule has 4 rings (SSSR count). The number of hydrogen-bond donors (Lipinski definition) is 0. The summed E-state index contributed by atoms with van der Waals surface area (Å²) in [7, 11) is 3.11. The lowest BCUT2D eigenvalue weighted by molar-refractivity contribution is 0.707. The number of aromatic nitrogens is 5. The van der Waals surface area contributed by atoms with Crippen molar-refractivity contribution < 1.29 is 0 Å². The molecule has 0 fully saturated rings. The van der Waals surface area contributed by atoms with Crippen LogP contribution in [0.4, 0.5) is 0 Å². The number of hydrogen-bond acceptors (Lipinski definition) is 3. The highest BCUT2D eigenvalue weighted by Crippen LogP contribution is 2.25. The van der Waals surface area contributed by atoms with Crippen LogP contribution in [0.1, 0.15) is 6.92 Å². The van der Waals surface area contributed by atoms with Crippen LogP contribution >= 0.6 is 0 Å². The first-order valence-electron chi connectivity index (χ1n) is 8.38. The number of aryl methyl sites for hydroxylation is 1. The number of rotatable bonds is 3. The zero-order chi connectivity index (χ0) is 18.4. The second-order valence-electron chi connectivity index (χ2n) is 6.22. The van der Waals surface area contributed by atoms with Gasteiger partial charge in [0, 0.05) is 26.8 Å². The normalized spacial score (nSPS) is 12.0. The van der Waals surface area contributed by atoms with Crippen LogP contribution in [0, 0.1) is 0 Å². The van der Waals surface area contributed by atoms with E-state index in [4.69, 9.17) is 0 Å². The third-order valence-corrected chi connectivity index (χ3v) is 4.65. The number of fused-ring (bicyclic) bond motifs is 3. The van der Waals surface area contributed by atoms with Crippen molar-refractivity contribution in [2.45, 2.75) is 13.5 Å². The van der Waals surface area contributed by atoms with Gasteiger partial charge in [-0.3, -0.25) is 18.3 Å². The fraction of sp³-hybridized carbons (Fsp3) is 0.211. The minimum Gasteiger partial charge on any atom is -0.306 e. The van der Waals surface area contributed by atoms with Crippen molar-refractivity contribution in [3.63, 3.8) is 0 Å². The van der Waals surface area contributed by atoms with Gasteiger partial charge in [0.05, 0.1) is 5.69 Å². The molecule has 0 spiro atoms. The van der Waals surface area contributed by atoms with E-state index < -0.39 is 0 Å². The molecule has 4 aromatic rings. The summed E-state index contributed by atoms with van der Waals surface area (Å²) in [5, 5.41) is 0. The van der Waals surface area contributed by atoms with Gasteiger partial charge in [0.1, 0.15) is 0 Å². The lowest BCUT2D eigenvalue weighted by Gasteiger charge is -2.06. The minimum absolute atomic E-state index is 0.349. The molecule has 0 aliphatic rings. The molecular weight excluding hydrogens is 330 g/mol. The minimum atomic E-state index is -0.383. The van der Waals surface area contributed by atoms with E-state index in [1.807, 2.05) is 60.2 Å². The first-order valence-corrected chi connectivity index (χ1v) is 8.38. The summed E-state index contributed by atoms with van der Waals surface area (Å²) in [5.74, 6) is 0.634. The van der Waals surface area contributed by atoms with Crippen molar-refractivity contribution in [3.05, 3.63) is 69.5 Å². The molecule has 132 valence electrons. The van der Waals surface area contributed by atoms with Gasteiger partial charge in [0.2, 0.25) is 5.78 Å². The maximum Gasteiger partial charge on any atom is 0.332 e. The average Bonchev–Trinajstić information content (AvgIpc) is 3.20. The lowest BCUT2D eigenvalue weighted by Crippen LogP contribution is -2.37. The third kappa shape index (κ3) is 2.17. The molecule has 0 atom stereocenters. The van der Waals surface area contributed by atoms with Crippen LogP contribution in [-0.2, 0) is 20.6 Å². The molecule has 3 heterocycles. The van der Waals surface area contributed by atoms with Crippen molar-refractivity contribution in [2.75, 3.05) is 0 Å². The number of allylic oxidation sites excluding steroid dienone is 2. The van der Waals surface area contributed by atoms with Gasteiger partial charge in [0.25, 0.3) is 5.56 Å². The van der Waals surface area contributed by atoms with Gasteiger partial charge in [-0.1, -0.05) is 42.5 Å². The standard InChI is InChI=1S/C19H19N5O2/c1-4-5-11-23-14(13-9-7-6-8-10-13)12-24-15-16(20-18(23)24)21(2)19(26)22(3)17(15)25/h4-10,12H,11H2,1-3H3/b5-4+. The van der Waals surface area contributed by atoms with Crippen LogP contribution in [0.3, 0.4) is 0 Å². The van der Waals surface area contributed by atoms with Gasteiger partial charge in [-0.05, 0) is 12.5 Å². The number of benzene rings is 1. The molecule has 1 aromatic carbocycles. The fourth-order valence-electron chi connectivity index (χ4n) is 3.25. The van der Waals surface area contributed by atoms with Crippen LogP contribution in [0.15, 0.2) is 58.3 Å². The van der Waals surface area contributed by atoms with Gasteiger partial charge in [-0.2, -0.15) is 4.98 Å². The Morgan fingerprint density at radius 3 is 2.50 bits per heavy atom. The van der Waals surface area contributed by atoms with Crippen molar-refractivity contribution in [1.82, 2.24) is 23.1 Å². The first kappa shape index (κ1) is 16.1. The highest BCUT2D eigenvalue weighted by molar-refractivity contribution is 5.78. The Morgan fingerprint density at radius 2 is 1.81 bits per heavy atom. The van der Waals surface area contributed by atoms with E-state index in [0.717, 1.165) is 15.8 Å². The molecule has 7 heteroatoms. The molecule has 0 radical (unpaired) electrons. The summed E-state index contributed by atoms with van der Waals surface area (Å²) in [5.41, 5.74) is 2.06. The van der Waals surface area contributed by atoms with Crippen molar-refractivity contribution in [1.29, 1.82) is 0 Å². The Hall–Kier alpha value is -3.35. The van der Waals surface area contributed by atoms with Crippen LogP contribution in [-0.4, -0.2) is 23.1 Å². The van der Waals surface area contributed by atoms with Gasteiger partial charge in [0.15, 0.2) is 11.2 Å². The van der Waals surface area contributed by atoms with E-state index in [1.165, 1.54) is 11.6 Å². The SMILES string of the molecule is C/C=C/Cn1c(-c2ccccc2)cn2c3c(=O)n(C)c(=O)n(C)c3nc12. The topological polar surface area (TPSA) is 66.2 Å². The van der Waals surface area contributed by atoms with E-state index in [2.05, 4.69) is 4.98 Å². The number of nitrogens with zero attached hydrogens (tertiary/aromatic N) is 5. The quantitative estimate of drug-likeness (QED) is 0.531. The summed E-state index contributed by atoms with van der Waals surface area (Å²) in [4.78, 5) is 29.5. The number of imidazole rings is 2. The zero-order valence-corrected chi connectivity index (χ0v) is 14.9. The highest BCUT2D eigenvalue weighted by atomic mass is 16.2.